The van der Waals surface area contributed by atoms with Crippen molar-refractivity contribution in [3.8, 4) is 11.6 Å². The lowest BCUT2D eigenvalue weighted by Crippen LogP contribution is -2.48. The third-order valence-electron chi connectivity index (χ3n) is 5.72. The van der Waals surface area contributed by atoms with Crippen molar-refractivity contribution in [2.24, 2.45) is 4.99 Å². The molecule has 0 atom stereocenters. The number of hydrogen-bond donors (Lipinski definition) is 2. The van der Waals surface area contributed by atoms with E-state index in [2.05, 4.69) is 68.8 Å². The Morgan fingerprint density at radius 1 is 1.18 bits per heavy atom. The van der Waals surface area contributed by atoms with Gasteiger partial charge in [0.05, 0.1) is 0 Å². The Bertz CT molecular complexity index is 1030. The molecule has 2 aromatic heterocycles. The van der Waals surface area contributed by atoms with E-state index in [1.54, 1.807) is 6.20 Å². The molecule has 0 radical (unpaired) electrons. The highest BCUT2D eigenvalue weighted by molar-refractivity contribution is 5.80. The number of nitrogens with zero attached hydrogens (tertiary/aromatic N) is 5. The second kappa shape index (κ2) is 11.6. The minimum atomic E-state index is 0.428. The largest absolute Gasteiger partial charge is 0.357 e. The van der Waals surface area contributed by atoms with Crippen LogP contribution in [-0.2, 0) is 13.0 Å². The van der Waals surface area contributed by atoms with Gasteiger partial charge in [0.15, 0.2) is 11.8 Å². The highest BCUT2D eigenvalue weighted by Crippen LogP contribution is 2.15. The van der Waals surface area contributed by atoms with Gasteiger partial charge in [0.2, 0.25) is 0 Å². The van der Waals surface area contributed by atoms with E-state index in [0.29, 0.717) is 36.4 Å². The molecule has 0 saturated carbocycles. The topological polar surface area (TPSA) is 91.5 Å². The number of benzene rings is 1. The summed E-state index contributed by atoms with van der Waals surface area (Å²) in [4.78, 5) is 15.9. The molecule has 1 fully saturated rings. The number of aliphatic imine (C=N–C) groups is 1. The van der Waals surface area contributed by atoms with Gasteiger partial charge in [-0.2, -0.15) is 4.98 Å². The molecule has 4 rings (SSSR count). The van der Waals surface area contributed by atoms with Crippen LogP contribution in [-0.4, -0.2) is 58.2 Å². The van der Waals surface area contributed by atoms with Gasteiger partial charge >= 0.3 is 0 Å². The average Bonchev–Trinajstić information content (AvgIpc) is 3.30. The van der Waals surface area contributed by atoms with Crippen molar-refractivity contribution >= 4 is 5.96 Å². The van der Waals surface area contributed by atoms with Gasteiger partial charge in [0, 0.05) is 51.4 Å². The van der Waals surface area contributed by atoms with Gasteiger partial charge in [-0.1, -0.05) is 41.1 Å². The number of aromatic nitrogens is 3. The molecule has 1 aliphatic heterocycles. The van der Waals surface area contributed by atoms with E-state index in [0.717, 1.165) is 45.0 Å². The van der Waals surface area contributed by atoms with E-state index in [1.165, 1.54) is 11.1 Å². The Morgan fingerprint density at radius 3 is 2.82 bits per heavy atom. The fourth-order valence-corrected chi connectivity index (χ4v) is 4.03. The van der Waals surface area contributed by atoms with E-state index in [9.17, 15) is 0 Å². The van der Waals surface area contributed by atoms with E-state index < -0.39 is 0 Å². The Balaban J connectivity index is 1.24. The van der Waals surface area contributed by atoms with Crippen LogP contribution in [0.2, 0.25) is 0 Å². The lowest BCUT2D eigenvalue weighted by atomic mass is 10.0. The number of piperidine rings is 1. The van der Waals surface area contributed by atoms with Crippen LogP contribution in [0.15, 0.2) is 58.2 Å². The molecule has 2 N–H and O–H groups in total. The van der Waals surface area contributed by atoms with Crippen LogP contribution in [0.4, 0.5) is 0 Å². The SMILES string of the molecule is CCNC(=NCCc1noc(-c2ccccn2)n1)NC1CCN(Cc2cccc(C)c2)CC1. The maximum absolute atomic E-state index is 5.33. The van der Waals surface area contributed by atoms with E-state index in [4.69, 9.17) is 9.52 Å². The van der Waals surface area contributed by atoms with Crippen molar-refractivity contribution < 1.29 is 4.52 Å². The average molecular weight is 448 g/mol. The van der Waals surface area contributed by atoms with E-state index in [-0.39, 0.29) is 0 Å². The zero-order chi connectivity index (χ0) is 22.9. The summed E-state index contributed by atoms with van der Waals surface area (Å²) in [5.41, 5.74) is 3.40. The molecule has 33 heavy (non-hydrogen) atoms. The number of likely N-dealkylation sites (tertiary alicyclic amines) is 1. The minimum absolute atomic E-state index is 0.428. The van der Waals surface area contributed by atoms with Gasteiger partial charge in [0.25, 0.3) is 5.89 Å². The maximum atomic E-state index is 5.33. The quantitative estimate of drug-likeness (QED) is 0.405. The first kappa shape index (κ1) is 22.9. The van der Waals surface area contributed by atoms with Gasteiger partial charge in [-0.3, -0.25) is 14.9 Å². The first-order valence-electron chi connectivity index (χ1n) is 11.8. The first-order chi connectivity index (χ1) is 16.2. The van der Waals surface area contributed by atoms with Crippen LogP contribution in [0, 0.1) is 6.92 Å². The zero-order valence-electron chi connectivity index (χ0n) is 19.5. The number of guanidine groups is 1. The van der Waals surface area contributed by atoms with Gasteiger partial charge < -0.3 is 15.2 Å². The molecule has 1 aromatic carbocycles. The molecule has 0 amide bonds. The smallest absolute Gasteiger partial charge is 0.276 e. The predicted octanol–water partition coefficient (Wildman–Crippen LogP) is 3.20. The molecular weight excluding hydrogens is 414 g/mol. The molecule has 8 nitrogen and oxygen atoms in total. The molecular formula is C25H33N7O. The highest BCUT2D eigenvalue weighted by atomic mass is 16.5. The Hall–Kier alpha value is -3.26. The first-order valence-corrected chi connectivity index (χ1v) is 11.8. The molecule has 0 unspecified atom stereocenters. The molecule has 1 aliphatic rings. The van der Waals surface area contributed by atoms with Crippen LogP contribution in [0.25, 0.3) is 11.6 Å². The van der Waals surface area contributed by atoms with Crippen molar-refractivity contribution in [1.82, 2.24) is 30.7 Å². The predicted molar refractivity (Wildman–Crippen MR) is 130 cm³/mol. The fourth-order valence-electron chi connectivity index (χ4n) is 4.03. The monoisotopic (exact) mass is 447 g/mol. The number of hydrogen-bond acceptors (Lipinski definition) is 6. The van der Waals surface area contributed by atoms with Gasteiger partial charge in [-0.15, -0.1) is 0 Å². The van der Waals surface area contributed by atoms with Crippen molar-refractivity contribution in [3.05, 3.63) is 65.6 Å². The van der Waals surface area contributed by atoms with Crippen LogP contribution < -0.4 is 10.6 Å². The molecule has 0 spiro atoms. The van der Waals surface area contributed by atoms with Crippen molar-refractivity contribution in [3.63, 3.8) is 0 Å². The van der Waals surface area contributed by atoms with Gasteiger partial charge in [-0.25, -0.2) is 0 Å². The molecule has 1 saturated heterocycles. The lowest BCUT2D eigenvalue weighted by molar-refractivity contribution is 0.198. The summed E-state index contributed by atoms with van der Waals surface area (Å²) in [6.45, 7) is 8.84. The van der Waals surface area contributed by atoms with Crippen molar-refractivity contribution in [2.75, 3.05) is 26.2 Å². The molecule has 0 bridgehead atoms. The summed E-state index contributed by atoms with van der Waals surface area (Å²) in [5, 5.41) is 11.0. The number of pyridine rings is 1. The molecule has 3 heterocycles. The molecule has 8 heteroatoms. The normalized spacial score (nSPS) is 15.5. The summed E-state index contributed by atoms with van der Waals surface area (Å²) in [6, 6.07) is 14.8. The summed E-state index contributed by atoms with van der Waals surface area (Å²) < 4.78 is 5.33. The van der Waals surface area contributed by atoms with Crippen molar-refractivity contribution in [2.45, 2.75) is 45.7 Å². The summed E-state index contributed by atoms with van der Waals surface area (Å²) in [7, 11) is 0. The fraction of sp³-hybridized carbons (Fsp3) is 0.440. The lowest BCUT2D eigenvalue weighted by Gasteiger charge is -2.33. The van der Waals surface area contributed by atoms with Crippen LogP contribution in [0.1, 0.15) is 36.7 Å². The van der Waals surface area contributed by atoms with Gasteiger partial charge in [0.1, 0.15) is 5.69 Å². The Labute approximate surface area is 195 Å². The molecule has 174 valence electrons. The number of rotatable bonds is 8. The second-order valence-electron chi connectivity index (χ2n) is 8.43. The minimum Gasteiger partial charge on any atom is -0.357 e. The maximum Gasteiger partial charge on any atom is 0.276 e. The van der Waals surface area contributed by atoms with Crippen LogP contribution in [0.3, 0.4) is 0 Å². The van der Waals surface area contributed by atoms with Gasteiger partial charge in [-0.05, 0) is 44.4 Å². The van der Waals surface area contributed by atoms with Crippen molar-refractivity contribution in [1.29, 1.82) is 0 Å². The number of nitrogens with one attached hydrogen (secondary N) is 2. The van der Waals surface area contributed by atoms with Crippen LogP contribution >= 0.6 is 0 Å². The van der Waals surface area contributed by atoms with E-state index in [1.807, 2.05) is 18.2 Å². The highest BCUT2D eigenvalue weighted by Gasteiger charge is 2.20. The Kier molecular flexibility index (Phi) is 8.03. The third kappa shape index (κ3) is 6.86. The third-order valence-corrected chi connectivity index (χ3v) is 5.72. The summed E-state index contributed by atoms with van der Waals surface area (Å²) in [5.74, 6) is 1.93. The molecule has 3 aromatic rings. The second-order valence-corrected chi connectivity index (χ2v) is 8.43. The molecule has 0 aliphatic carbocycles. The standard InChI is InChI=1S/C25H33N7O/c1-3-26-25(28-14-10-23-30-24(33-31-23)22-9-4-5-13-27-22)29-21-11-15-32(16-12-21)18-20-8-6-7-19(2)17-20/h4-9,13,17,21H,3,10-12,14-16,18H2,1-2H3,(H2,26,28,29). The van der Waals surface area contributed by atoms with Crippen LogP contribution in [0.5, 0.6) is 0 Å². The van der Waals surface area contributed by atoms with E-state index >= 15 is 0 Å². The zero-order valence-corrected chi connectivity index (χ0v) is 19.5. The summed E-state index contributed by atoms with van der Waals surface area (Å²) >= 11 is 0. The Morgan fingerprint density at radius 2 is 2.06 bits per heavy atom. The summed E-state index contributed by atoms with van der Waals surface area (Å²) in [6.07, 6.45) is 4.54. The number of aryl methyl sites for hydroxylation is 1.